The summed E-state index contributed by atoms with van der Waals surface area (Å²) in [5.74, 6) is 0. The molecule has 27 heavy (non-hydrogen) atoms. The second-order valence-electron chi connectivity index (χ2n) is 7.83. The molecule has 0 saturated carbocycles. The number of ether oxygens (including phenoxy) is 1. The fourth-order valence-electron chi connectivity index (χ4n) is 3.05. The molecule has 0 radical (unpaired) electrons. The summed E-state index contributed by atoms with van der Waals surface area (Å²) >= 11 is 0. The van der Waals surface area contributed by atoms with Crippen LogP contribution < -0.4 is 5.32 Å². The van der Waals surface area contributed by atoms with Crippen molar-refractivity contribution in [3.63, 3.8) is 0 Å². The van der Waals surface area contributed by atoms with Crippen LogP contribution in [-0.4, -0.2) is 31.2 Å². The van der Waals surface area contributed by atoms with Gasteiger partial charge in [-0.2, -0.15) is 0 Å². The van der Waals surface area contributed by atoms with Gasteiger partial charge in [-0.25, -0.2) is 4.79 Å². The molecule has 0 fully saturated rings. The van der Waals surface area contributed by atoms with Crippen molar-refractivity contribution in [2.24, 2.45) is 0 Å². The van der Waals surface area contributed by atoms with E-state index in [0.29, 0.717) is 19.7 Å². The third-order valence-electron chi connectivity index (χ3n) is 4.51. The van der Waals surface area contributed by atoms with Crippen molar-refractivity contribution in [1.29, 1.82) is 0 Å². The molecule has 2 aromatic rings. The summed E-state index contributed by atoms with van der Waals surface area (Å²) in [5.41, 5.74) is 3.11. The summed E-state index contributed by atoms with van der Waals surface area (Å²) in [6.45, 7) is 8.48. The number of rotatable bonds is 8. The van der Waals surface area contributed by atoms with E-state index in [1.165, 1.54) is 0 Å². The zero-order chi connectivity index (χ0) is 19.7. The Labute approximate surface area is 163 Å². The molecule has 0 aliphatic carbocycles. The molecular formula is C23H32N2O2. The van der Waals surface area contributed by atoms with E-state index in [-0.39, 0.29) is 11.4 Å². The van der Waals surface area contributed by atoms with E-state index < -0.39 is 0 Å². The van der Waals surface area contributed by atoms with Crippen molar-refractivity contribution >= 4 is 11.7 Å². The van der Waals surface area contributed by atoms with Crippen LogP contribution >= 0.6 is 0 Å². The molecule has 0 bridgehead atoms. The molecule has 0 heterocycles. The normalized spacial score (nSPS) is 11.3. The average Bonchev–Trinajstić information content (AvgIpc) is 2.64. The van der Waals surface area contributed by atoms with Crippen LogP contribution in [-0.2, 0) is 16.7 Å². The van der Waals surface area contributed by atoms with Crippen LogP contribution in [0.3, 0.4) is 0 Å². The summed E-state index contributed by atoms with van der Waals surface area (Å²) in [5, 5.41) is 3.13. The predicted octanol–water partition coefficient (Wildman–Crippen LogP) is 5.44. The summed E-state index contributed by atoms with van der Waals surface area (Å²) < 4.78 is 5.13. The Morgan fingerprint density at radius 2 is 1.67 bits per heavy atom. The number of nitrogens with one attached hydrogen (secondary N) is 1. The molecule has 4 nitrogen and oxygen atoms in total. The summed E-state index contributed by atoms with van der Waals surface area (Å²) in [4.78, 5) is 14.9. The topological polar surface area (TPSA) is 41.6 Å². The van der Waals surface area contributed by atoms with Gasteiger partial charge in [0.25, 0.3) is 0 Å². The fraction of sp³-hybridized carbons (Fsp3) is 0.435. The van der Waals surface area contributed by atoms with Crippen LogP contribution in [0.15, 0.2) is 54.6 Å². The average molecular weight is 369 g/mol. The van der Waals surface area contributed by atoms with Crippen molar-refractivity contribution < 1.29 is 9.53 Å². The highest BCUT2D eigenvalue weighted by Crippen LogP contribution is 2.29. The Hall–Kier alpha value is -2.33. The molecule has 2 aromatic carbocycles. The number of anilines is 1. The molecule has 0 aliphatic rings. The fourth-order valence-corrected chi connectivity index (χ4v) is 3.05. The Morgan fingerprint density at radius 3 is 2.33 bits per heavy atom. The minimum atomic E-state index is -0.0621. The van der Waals surface area contributed by atoms with E-state index in [0.717, 1.165) is 29.7 Å². The second kappa shape index (κ2) is 10.1. The highest BCUT2D eigenvalue weighted by Gasteiger charge is 2.20. The van der Waals surface area contributed by atoms with Crippen molar-refractivity contribution in [3.8, 4) is 0 Å². The maximum atomic E-state index is 13.0. The molecule has 2 rings (SSSR count). The first-order valence-electron chi connectivity index (χ1n) is 9.60. The molecule has 0 atom stereocenters. The monoisotopic (exact) mass is 368 g/mol. The predicted molar refractivity (Wildman–Crippen MR) is 112 cm³/mol. The van der Waals surface area contributed by atoms with Gasteiger partial charge < -0.3 is 15.0 Å². The van der Waals surface area contributed by atoms with Gasteiger partial charge in [0, 0.05) is 32.5 Å². The number of unbranched alkanes of at least 4 members (excludes halogenated alkanes) is 1. The number of hydrogen-bond acceptors (Lipinski definition) is 2. The van der Waals surface area contributed by atoms with Gasteiger partial charge in [-0.05, 0) is 35.4 Å². The third-order valence-corrected chi connectivity index (χ3v) is 4.51. The van der Waals surface area contributed by atoms with Gasteiger partial charge in [-0.1, -0.05) is 69.3 Å². The number of benzene rings is 2. The number of carbonyl (C=O) groups excluding carboxylic acids is 1. The van der Waals surface area contributed by atoms with Gasteiger partial charge in [0.1, 0.15) is 0 Å². The number of para-hydroxylation sites is 1. The van der Waals surface area contributed by atoms with E-state index in [4.69, 9.17) is 4.74 Å². The van der Waals surface area contributed by atoms with Crippen molar-refractivity contribution in [3.05, 3.63) is 65.7 Å². The lowest BCUT2D eigenvalue weighted by Crippen LogP contribution is -2.36. The third kappa shape index (κ3) is 6.72. The van der Waals surface area contributed by atoms with Crippen molar-refractivity contribution in [1.82, 2.24) is 4.90 Å². The molecule has 0 aliphatic heterocycles. The first-order valence-corrected chi connectivity index (χ1v) is 9.60. The minimum absolute atomic E-state index is 0.0351. The van der Waals surface area contributed by atoms with Crippen LogP contribution in [0.5, 0.6) is 0 Å². The zero-order valence-corrected chi connectivity index (χ0v) is 17.0. The van der Waals surface area contributed by atoms with E-state index in [1.807, 2.05) is 41.3 Å². The molecule has 1 N–H and O–H groups in total. The molecular weight excluding hydrogens is 336 g/mol. The maximum Gasteiger partial charge on any atom is 0.322 e. The van der Waals surface area contributed by atoms with Gasteiger partial charge in [0.2, 0.25) is 0 Å². The molecule has 0 unspecified atom stereocenters. The Morgan fingerprint density at radius 1 is 1.00 bits per heavy atom. The molecule has 0 spiro atoms. The minimum Gasteiger partial charge on any atom is -0.385 e. The molecule has 4 heteroatoms. The number of hydrogen-bond donors (Lipinski definition) is 1. The second-order valence-corrected chi connectivity index (χ2v) is 7.83. The molecule has 0 saturated heterocycles. The van der Waals surface area contributed by atoms with Crippen LogP contribution in [0.1, 0.15) is 44.7 Å². The first-order chi connectivity index (χ1) is 12.9. The highest BCUT2D eigenvalue weighted by atomic mass is 16.5. The molecule has 2 amide bonds. The Balaban J connectivity index is 2.13. The number of carbonyl (C=O) groups is 1. The smallest absolute Gasteiger partial charge is 0.322 e. The van der Waals surface area contributed by atoms with Crippen LogP contribution in [0.25, 0.3) is 0 Å². The van der Waals surface area contributed by atoms with Gasteiger partial charge in [0.05, 0.1) is 0 Å². The number of urea groups is 1. The Bertz CT molecular complexity index is 708. The zero-order valence-electron chi connectivity index (χ0n) is 17.0. The van der Waals surface area contributed by atoms with E-state index >= 15 is 0 Å². The SMILES string of the molecule is COCCCCN(Cc1ccccc1)C(=O)Nc1ccccc1C(C)(C)C. The van der Waals surface area contributed by atoms with Crippen LogP contribution in [0.2, 0.25) is 0 Å². The standard InChI is InChI=1S/C23H32N2O2/c1-23(2,3)20-14-8-9-15-21(20)24-22(26)25(16-10-11-17-27-4)18-19-12-6-5-7-13-19/h5-9,12-15H,10-11,16-18H2,1-4H3,(H,24,26). The van der Waals surface area contributed by atoms with E-state index in [1.54, 1.807) is 7.11 Å². The first kappa shape index (κ1) is 21.0. The summed E-state index contributed by atoms with van der Waals surface area (Å²) in [6.07, 6.45) is 1.85. The van der Waals surface area contributed by atoms with Gasteiger partial charge in [0.15, 0.2) is 0 Å². The molecule has 0 aromatic heterocycles. The summed E-state index contributed by atoms with van der Waals surface area (Å²) in [7, 11) is 1.71. The van der Waals surface area contributed by atoms with Crippen molar-refractivity contribution in [2.45, 2.75) is 45.6 Å². The number of amides is 2. The number of nitrogens with zero attached hydrogens (tertiary/aromatic N) is 1. The van der Waals surface area contributed by atoms with Gasteiger partial charge in [-0.3, -0.25) is 0 Å². The molecule has 146 valence electrons. The quantitative estimate of drug-likeness (QED) is 0.630. The van der Waals surface area contributed by atoms with Crippen LogP contribution in [0.4, 0.5) is 10.5 Å². The lowest BCUT2D eigenvalue weighted by molar-refractivity contribution is 0.182. The van der Waals surface area contributed by atoms with Crippen LogP contribution in [0, 0.1) is 0 Å². The largest absolute Gasteiger partial charge is 0.385 e. The highest BCUT2D eigenvalue weighted by molar-refractivity contribution is 5.90. The number of methoxy groups -OCH3 is 1. The lowest BCUT2D eigenvalue weighted by atomic mass is 9.86. The van der Waals surface area contributed by atoms with E-state index in [9.17, 15) is 4.79 Å². The van der Waals surface area contributed by atoms with Gasteiger partial charge >= 0.3 is 6.03 Å². The maximum absolute atomic E-state index is 13.0. The van der Waals surface area contributed by atoms with Gasteiger partial charge in [-0.15, -0.1) is 0 Å². The lowest BCUT2D eigenvalue weighted by Gasteiger charge is -2.27. The van der Waals surface area contributed by atoms with E-state index in [2.05, 4.69) is 44.3 Å². The Kier molecular flexibility index (Phi) is 7.86. The van der Waals surface area contributed by atoms with Crippen molar-refractivity contribution in [2.75, 3.05) is 25.6 Å². The summed E-state index contributed by atoms with van der Waals surface area (Å²) in [6, 6.07) is 18.1.